The monoisotopic (exact) mass is 314 g/mol. The van der Waals surface area contributed by atoms with Crippen LogP contribution in [0.2, 0.25) is 0 Å². The fraction of sp³-hybridized carbons (Fsp3) is 0.333. The van der Waals surface area contributed by atoms with Crippen LogP contribution in [0, 0.1) is 6.92 Å². The van der Waals surface area contributed by atoms with E-state index in [1.165, 1.54) is 0 Å². The summed E-state index contributed by atoms with van der Waals surface area (Å²) in [5.74, 6) is -1.34. The minimum Gasteiger partial charge on any atom is -0.481 e. The minimum atomic E-state index is -0.960. The van der Waals surface area contributed by atoms with Crippen LogP contribution in [0.4, 0.5) is 5.69 Å². The maximum Gasteiger partial charge on any atom is 0.303 e. The first kappa shape index (κ1) is 14.7. The first-order valence-corrected chi connectivity index (χ1v) is 6.24. The van der Waals surface area contributed by atoms with Crippen LogP contribution < -0.4 is 11.1 Å². The first-order chi connectivity index (χ1) is 8.40. The van der Waals surface area contributed by atoms with Crippen LogP contribution in [0.5, 0.6) is 0 Å². The molecule has 1 atom stereocenters. The second kappa shape index (κ2) is 6.51. The molecule has 98 valence electrons. The van der Waals surface area contributed by atoms with Crippen molar-refractivity contribution in [3.05, 3.63) is 28.2 Å². The van der Waals surface area contributed by atoms with Gasteiger partial charge in [0, 0.05) is 16.6 Å². The van der Waals surface area contributed by atoms with E-state index in [9.17, 15) is 9.59 Å². The van der Waals surface area contributed by atoms with E-state index in [1.807, 2.05) is 19.1 Å². The molecule has 0 heterocycles. The molecule has 5 nitrogen and oxygen atoms in total. The van der Waals surface area contributed by atoms with Gasteiger partial charge in [-0.05, 0) is 37.1 Å². The number of carbonyl (C=O) groups is 2. The van der Waals surface area contributed by atoms with Gasteiger partial charge in [0.2, 0.25) is 5.91 Å². The molecule has 0 aliphatic heterocycles. The molecule has 0 radical (unpaired) electrons. The number of carboxylic acids is 1. The van der Waals surface area contributed by atoms with Crippen molar-refractivity contribution in [2.45, 2.75) is 25.8 Å². The number of rotatable bonds is 5. The predicted octanol–water partition coefficient (Wildman–Crippen LogP) is 1.89. The molecule has 0 fully saturated rings. The Kier molecular flexibility index (Phi) is 5.30. The molecule has 4 N–H and O–H groups in total. The van der Waals surface area contributed by atoms with Gasteiger partial charge >= 0.3 is 5.97 Å². The lowest BCUT2D eigenvalue weighted by atomic mass is 10.1. The average molecular weight is 315 g/mol. The smallest absolute Gasteiger partial charge is 0.303 e. The van der Waals surface area contributed by atoms with E-state index in [1.54, 1.807) is 6.07 Å². The predicted molar refractivity (Wildman–Crippen MR) is 72.4 cm³/mol. The van der Waals surface area contributed by atoms with Gasteiger partial charge < -0.3 is 16.2 Å². The van der Waals surface area contributed by atoms with Crippen molar-refractivity contribution >= 4 is 33.5 Å². The molecule has 0 aromatic heterocycles. The fourth-order valence-electron chi connectivity index (χ4n) is 1.37. The largest absolute Gasteiger partial charge is 0.481 e. The summed E-state index contributed by atoms with van der Waals surface area (Å²) < 4.78 is 0.954. The number of aryl methyl sites for hydroxylation is 1. The lowest BCUT2D eigenvalue weighted by molar-refractivity contribution is -0.137. The summed E-state index contributed by atoms with van der Waals surface area (Å²) in [5.41, 5.74) is 7.23. The second-order valence-electron chi connectivity index (χ2n) is 3.99. The van der Waals surface area contributed by atoms with Crippen LogP contribution in [0.3, 0.4) is 0 Å². The number of aliphatic carboxylic acids is 1. The SMILES string of the molecule is Cc1cc(NC(=O)C(N)CCC(=O)O)ccc1Br. The number of hydrogen-bond acceptors (Lipinski definition) is 3. The number of carbonyl (C=O) groups excluding carboxylic acids is 1. The fourth-order valence-corrected chi connectivity index (χ4v) is 1.61. The van der Waals surface area contributed by atoms with E-state index < -0.39 is 12.0 Å². The van der Waals surface area contributed by atoms with E-state index in [2.05, 4.69) is 21.2 Å². The normalized spacial score (nSPS) is 11.9. The molecule has 1 amide bonds. The van der Waals surface area contributed by atoms with Gasteiger partial charge in [0.15, 0.2) is 0 Å². The lowest BCUT2D eigenvalue weighted by Crippen LogP contribution is -2.36. The first-order valence-electron chi connectivity index (χ1n) is 5.44. The zero-order valence-electron chi connectivity index (χ0n) is 9.94. The zero-order valence-corrected chi connectivity index (χ0v) is 11.5. The third kappa shape index (κ3) is 4.46. The molecule has 6 heteroatoms. The maximum absolute atomic E-state index is 11.7. The number of amides is 1. The van der Waals surface area contributed by atoms with Crippen molar-refractivity contribution in [1.82, 2.24) is 0 Å². The third-order valence-corrected chi connectivity index (χ3v) is 3.32. The molecule has 0 spiro atoms. The van der Waals surface area contributed by atoms with Gasteiger partial charge in [-0.1, -0.05) is 15.9 Å². The summed E-state index contributed by atoms with van der Waals surface area (Å²) in [7, 11) is 0. The molecule has 1 aromatic rings. The van der Waals surface area contributed by atoms with Crippen LogP contribution in [0.15, 0.2) is 22.7 Å². The summed E-state index contributed by atoms with van der Waals surface area (Å²) >= 11 is 3.36. The van der Waals surface area contributed by atoms with Crippen LogP contribution in [0.1, 0.15) is 18.4 Å². The molecular weight excluding hydrogens is 300 g/mol. The number of hydrogen-bond donors (Lipinski definition) is 3. The molecule has 1 rings (SSSR count). The molecule has 18 heavy (non-hydrogen) atoms. The van der Waals surface area contributed by atoms with Crippen molar-refractivity contribution in [2.24, 2.45) is 5.73 Å². The summed E-state index contributed by atoms with van der Waals surface area (Å²) in [6.07, 6.45) is 0.00459. The Labute approximate surface area is 113 Å². The summed E-state index contributed by atoms with van der Waals surface area (Å²) in [6, 6.07) is 4.57. The Balaban J connectivity index is 2.58. The highest BCUT2D eigenvalue weighted by molar-refractivity contribution is 9.10. The number of benzene rings is 1. The number of nitrogens with two attached hydrogens (primary N) is 1. The number of halogens is 1. The van der Waals surface area contributed by atoms with Crippen LogP contribution in [-0.2, 0) is 9.59 Å². The Morgan fingerprint density at radius 1 is 1.50 bits per heavy atom. The standard InChI is InChI=1S/C12H15BrN2O3/c1-7-6-8(2-3-9(7)13)15-12(18)10(14)4-5-11(16)17/h2-3,6,10H,4-5,14H2,1H3,(H,15,18)(H,16,17). The van der Waals surface area contributed by atoms with Gasteiger partial charge in [-0.15, -0.1) is 0 Å². The molecule has 0 aliphatic carbocycles. The summed E-state index contributed by atoms with van der Waals surface area (Å²) in [4.78, 5) is 22.1. The van der Waals surface area contributed by atoms with Gasteiger partial charge in [0.25, 0.3) is 0 Å². The lowest BCUT2D eigenvalue weighted by Gasteiger charge is -2.12. The van der Waals surface area contributed by atoms with E-state index in [0.29, 0.717) is 5.69 Å². The highest BCUT2D eigenvalue weighted by Gasteiger charge is 2.15. The van der Waals surface area contributed by atoms with E-state index in [-0.39, 0.29) is 18.7 Å². The Bertz CT molecular complexity index is 463. The number of nitrogens with one attached hydrogen (secondary N) is 1. The molecule has 0 bridgehead atoms. The maximum atomic E-state index is 11.7. The molecule has 0 saturated carbocycles. The Hall–Kier alpha value is -1.40. The van der Waals surface area contributed by atoms with Gasteiger partial charge in [-0.25, -0.2) is 0 Å². The number of anilines is 1. The van der Waals surface area contributed by atoms with Gasteiger partial charge in [0.1, 0.15) is 0 Å². The van der Waals surface area contributed by atoms with E-state index >= 15 is 0 Å². The van der Waals surface area contributed by atoms with Gasteiger partial charge in [0.05, 0.1) is 6.04 Å². The van der Waals surface area contributed by atoms with Crippen molar-refractivity contribution in [3.8, 4) is 0 Å². The molecule has 1 aromatic carbocycles. The van der Waals surface area contributed by atoms with Crippen LogP contribution in [-0.4, -0.2) is 23.0 Å². The number of carboxylic acid groups (broad SMARTS) is 1. The quantitative estimate of drug-likeness (QED) is 0.773. The average Bonchev–Trinajstić information content (AvgIpc) is 2.30. The molecule has 1 unspecified atom stereocenters. The van der Waals surface area contributed by atoms with Crippen molar-refractivity contribution < 1.29 is 14.7 Å². The Morgan fingerprint density at radius 3 is 2.72 bits per heavy atom. The highest BCUT2D eigenvalue weighted by Crippen LogP contribution is 2.20. The topological polar surface area (TPSA) is 92.4 Å². The minimum absolute atomic E-state index is 0.117. The summed E-state index contributed by atoms with van der Waals surface area (Å²) in [6.45, 7) is 1.91. The van der Waals surface area contributed by atoms with Gasteiger partial charge in [-0.3, -0.25) is 9.59 Å². The van der Waals surface area contributed by atoms with Crippen LogP contribution >= 0.6 is 15.9 Å². The van der Waals surface area contributed by atoms with E-state index in [4.69, 9.17) is 10.8 Å². The Morgan fingerprint density at radius 2 is 2.17 bits per heavy atom. The molecule has 0 aliphatic rings. The summed E-state index contributed by atoms with van der Waals surface area (Å²) in [5, 5.41) is 11.2. The third-order valence-electron chi connectivity index (χ3n) is 2.43. The zero-order chi connectivity index (χ0) is 13.7. The highest BCUT2D eigenvalue weighted by atomic mass is 79.9. The van der Waals surface area contributed by atoms with Crippen LogP contribution in [0.25, 0.3) is 0 Å². The van der Waals surface area contributed by atoms with Gasteiger partial charge in [-0.2, -0.15) is 0 Å². The van der Waals surface area contributed by atoms with Crippen molar-refractivity contribution in [1.29, 1.82) is 0 Å². The van der Waals surface area contributed by atoms with Crippen molar-refractivity contribution in [2.75, 3.05) is 5.32 Å². The molecular formula is C12H15BrN2O3. The van der Waals surface area contributed by atoms with Crippen molar-refractivity contribution in [3.63, 3.8) is 0 Å². The molecule has 0 saturated heterocycles. The second-order valence-corrected chi connectivity index (χ2v) is 4.85. The van der Waals surface area contributed by atoms with E-state index in [0.717, 1.165) is 10.0 Å².